The van der Waals surface area contributed by atoms with Crippen LogP contribution in [0.15, 0.2) is 227 Å². The molecule has 0 aliphatic heterocycles. The number of pyridine rings is 1. The number of aromatic nitrogens is 1. The molecule has 4 nitrogen and oxygen atoms in total. The summed E-state index contributed by atoms with van der Waals surface area (Å²) in [6.07, 6.45) is 17.3. The van der Waals surface area contributed by atoms with Crippen molar-refractivity contribution in [3.05, 3.63) is 274 Å². The second kappa shape index (κ2) is 23.0. The third-order valence-corrected chi connectivity index (χ3v) is 25.6. The number of anilines is 3. The molecule has 3 heterocycles. The van der Waals surface area contributed by atoms with Gasteiger partial charge in [-0.1, -0.05) is 273 Å². The monoisotopic (exact) mass is 1330 g/mol. The fourth-order valence-corrected chi connectivity index (χ4v) is 20.4. The van der Waals surface area contributed by atoms with Crippen molar-refractivity contribution in [1.29, 1.82) is 0 Å². The lowest BCUT2D eigenvalue weighted by Gasteiger charge is -2.33. The predicted octanol–water partition coefficient (Wildman–Crippen LogP) is 27.9. The summed E-state index contributed by atoms with van der Waals surface area (Å²) < 4.78 is 14.3. The average Bonchev–Trinajstić information content (AvgIpc) is 1.51. The zero-order chi connectivity index (χ0) is 69.3. The number of hydrogen-bond acceptors (Lipinski definition) is 4. The molecule has 0 saturated heterocycles. The number of unbranched alkanes of at least 4 members (excludes halogenated alkanes) is 8. The Morgan fingerprint density at radius 3 is 1.41 bits per heavy atom. The molecule has 0 fully saturated rings. The minimum absolute atomic E-state index is 0.0316. The molecule has 0 unspecified atom stereocenters. The summed E-state index contributed by atoms with van der Waals surface area (Å²) in [4.78, 5) is 7.53. The molecule has 5 aliphatic rings. The highest BCUT2D eigenvalue weighted by molar-refractivity contribution is 6.22. The maximum atomic E-state index is 7.21. The van der Waals surface area contributed by atoms with E-state index in [-0.39, 0.29) is 21.7 Å². The molecule has 504 valence electrons. The Kier molecular flexibility index (Phi) is 14.2. The van der Waals surface area contributed by atoms with E-state index in [0.717, 1.165) is 50.5 Å². The van der Waals surface area contributed by atoms with E-state index in [4.69, 9.17) is 13.8 Å². The predicted molar refractivity (Wildman–Crippen MR) is 428 cm³/mol. The molecule has 4 heteroatoms. The van der Waals surface area contributed by atoms with Gasteiger partial charge in [-0.2, -0.15) is 0 Å². The maximum Gasteiger partial charge on any atom is 0.144 e. The Morgan fingerprint density at radius 2 is 0.775 bits per heavy atom. The van der Waals surface area contributed by atoms with Gasteiger partial charge in [0.15, 0.2) is 0 Å². The van der Waals surface area contributed by atoms with Crippen molar-refractivity contribution in [2.75, 3.05) is 4.90 Å². The van der Waals surface area contributed by atoms with Gasteiger partial charge in [-0.05, 0) is 208 Å². The molecule has 0 N–H and O–H groups in total. The Balaban J connectivity index is 0.694. The molecule has 0 bridgehead atoms. The lowest BCUT2D eigenvalue weighted by Crippen LogP contribution is -2.25. The van der Waals surface area contributed by atoms with Crippen molar-refractivity contribution in [2.45, 2.75) is 173 Å². The van der Waals surface area contributed by atoms with Crippen LogP contribution in [-0.2, 0) is 27.1 Å². The van der Waals surface area contributed by atoms with Gasteiger partial charge >= 0.3 is 0 Å². The van der Waals surface area contributed by atoms with Gasteiger partial charge in [-0.15, -0.1) is 0 Å². The van der Waals surface area contributed by atoms with Crippen LogP contribution in [0.5, 0.6) is 0 Å². The Morgan fingerprint density at radius 1 is 0.324 bits per heavy atom. The summed E-state index contributed by atoms with van der Waals surface area (Å²) >= 11 is 0. The summed E-state index contributed by atoms with van der Waals surface area (Å²) in [5.41, 5.74) is 36.6. The van der Waals surface area contributed by atoms with Crippen molar-refractivity contribution >= 4 is 61.1 Å². The van der Waals surface area contributed by atoms with Crippen LogP contribution >= 0.6 is 0 Å². The van der Waals surface area contributed by atoms with Crippen molar-refractivity contribution in [1.82, 2.24) is 4.98 Å². The van der Waals surface area contributed by atoms with Gasteiger partial charge < -0.3 is 8.83 Å². The van der Waals surface area contributed by atoms with Crippen molar-refractivity contribution in [3.63, 3.8) is 0 Å². The molecule has 5 aliphatic carbocycles. The number of fused-ring (bicyclic) bond motifs is 25. The van der Waals surface area contributed by atoms with Crippen molar-refractivity contribution in [3.8, 4) is 77.9 Å². The summed E-state index contributed by atoms with van der Waals surface area (Å²) in [6, 6.07) is 81.1. The van der Waals surface area contributed by atoms with E-state index in [2.05, 4.69) is 280 Å². The fraction of sp³-hybridized carbons (Fsp3) is 0.276. The number of benzene rings is 11. The summed E-state index contributed by atoms with van der Waals surface area (Å²) in [5.74, 6) is 0.864. The molecule has 0 atom stereocenters. The van der Waals surface area contributed by atoms with Gasteiger partial charge in [0.2, 0.25) is 0 Å². The quantitative estimate of drug-likeness (QED) is 0.0852. The highest BCUT2D eigenvalue weighted by atomic mass is 16.3. The molecule has 102 heavy (non-hydrogen) atoms. The minimum Gasteiger partial charge on any atom is -0.455 e. The van der Waals surface area contributed by atoms with Gasteiger partial charge in [0.25, 0.3) is 0 Å². The first-order chi connectivity index (χ1) is 49.5. The van der Waals surface area contributed by atoms with E-state index < -0.39 is 5.41 Å². The molecule has 19 rings (SSSR count). The summed E-state index contributed by atoms with van der Waals surface area (Å²) in [5, 5.41) is 4.71. The highest BCUT2D eigenvalue weighted by Crippen LogP contribution is 2.65. The average molecular weight is 1330 g/mol. The van der Waals surface area contributed by atoms with Crippen molar-refractivity contribution in [2.24, 2.45) is 0 Å². The Hall–Kier alpha value is -10.0. The van der Waals surface area contributed by atoms with E-state index in [1.807, 2.05) is 12.3 Å². The minimum atomic E-state index is -0.395. The van der Waals surface area contributed by atoms with Crippen LogP contribution in [0.3, 0.4) is 0 Å². The zero-order valence-corrected chi connectivity index (χ0v) is 61.0. The summed E-state index contributed by atoms with van der Waals surface area (Å²) in [6.45, 7) is 24.2. The molecular weight excluding hydrogens is 1240 g/mol. The largest absolute Gasteiger partial charge is 0.455 e. The third kappa shape index (κ3) is 8.89. The molecule has 0 saturated carbocycles. The molecule has 3 aromatic heterocycles. The number of nitrogens with zero attached hydrogens (tertiary/aromatic N) is 2. The first kappa shape index (κ1) is 62.9. The number of rotatable bonds is 17. The Labute approximate surface area is 601 Å². The molecular formula is C98H90N2O2. The lowest BCUT2D eigenvalue weighted by atomic mass is 9.70. The zero-order valence-electron chi connectivity index (χ0n) is 61.0. The van der Waals surface area contributed by atoms with E-state index in [1.165, 1.54) is 210 Å². The SMILES string of the molecule is CCCCCCCC1(CCCCCCC)c2ccccc2-c2ccc(-c3ccc4c(c3)C(C)(C)c3cc(-c5cc6c(c7c5oc5ccccc57)-c5ccc(N(c7ccc8c(c7)C(C)(C)c7c9c(c%10c(oc%11ccccc%11%10)c7-8)-c7ccccc7C9(C)C)c7ccccn7)cc5C6(C)C)ccc3-4)cc21. The molecule has 0 amide bonds. The van der Waals surface area contributed by atoms with Crippen LogP contribution in [0.1, 0.15) is 202 Å². The van der Waals surface area contributed by atoms with Gasteiger partial charge in [0.05, 0.1) is 0 Å². The van der Waals surface area contributed by atoms with Crippen LogP contribution in [0.4, 0.5) is 17.2 Å². The number of hydrogen-bond donors (Lipinski definition) is 0. The molecule has 0 radical (unpaired) electrons. The smallest absolute Gasteiger partial charge is 0.144 e. The first-order valence-corrected chi connectivity index (χ1v) is 38.2. The lowest BCUT2D eigenvalue weighted by molar-refractivity contribution is 0.399. The third-order valence-electron chi connectivity index (χ3n) is 25.6. The topological polar surface area (TPSA) is 42.4 Å². The van der Waals surface area contributed by atoms with Crippen LogP contribution in [0.2, 0.25) is 0 Å². The van der Waals surface area contributed by atoms with Crippen LogP contribution < -0.4 is 4.90 Å². The van der Waals surface area contributed by atoms with Crippen LogP contribution in [-0.4, -0.2) is 4.98 Å². The van der Waals surface area contributed by atoms with Gasteiger partial charge in [0.1, 0.15) is 28.1 Å². The Bertz CT molecular complexity index is 5810. The van der Waals surface area contributed by atoms with E-state index in [9.17, 15) is 0 Å². The highest BCUT2D eigenvalue weighted by Gasteiger charge is 2.50. The van der Waals surface area contributed by atoms with Gasteiger partial charge in [-0.25, -0.2) is 4.98 Å². The van der Waals surface area contributed by atoms with E-state index in [0.29, 0.717) is 0 Å². The second-order valence-electron chi connectivity index (χ2n) is 32.7. The number of furan rings is 2. The summed E-state index contributed by atoms with van der Waals surface area (Å²) in [7, 11) is 0. The van der Waals surface area contributed by atoms with E-state index >= 15 is 0 Å². The maximum absolute atomic E-state index is 7.21. The van der Waals surface area contributed by atoms with Gasteiger partial charge in [-0.3, -0.25) is 4.90 Å². The standard InChI is InChI=1S/C98H90N2O2/c1-11-13-15-17-28-50-98(51-29-18-16-14-12-2)75-36-24-19-31-64(75)67-46-41-60(54-80(67)98)59-40-45-65-66-47-42-61(55-77(66)94(3,4)76(65)53-59)73-58-81-85(87-71-33-21-25-37-82(71)101-92(73)87)69-48-43-62(56-78(69)95(81,5)6)100(84-39-27-30-52-99-84)63-44-49-70-79(57-63)97(9,10)91-89(70)93-88(72-34-22-26-38-83(72)102-93)86-68-32-20-23-35-74(68)96(7,8)90(86)91/h19-27,30-49,52-58H,11-18,28-29,50-51H2,1-10H3. The number of para-hydroxylation sites is 2. The van der Waals surface area contributed by atoms with Crippen LogP contribution in [0.25, 0.3) is 122 Å². The second-order valence-corrected chi connectivity index (χ2v) is 32.7. The fourth-order valence-electron chi connectivity index (χ4n) is 20.4. The molecule has 11 aromatic carbocycles. The van der Waals surface area contributed by atoms with Gasteiger partial charge in [0, 0.05) is 77.3 Å². The molecule has 14 aromatic rings. The van der Waals surface area contributed by atoms with E-state index in [1.54, 1.807) is 11.1 Å². The van der Waals surface area contributed by atoms with Crippen LogP contribution in [0, 0.1) is 0 Å². The normalized spacial score (nSPS) is 15.8. The first-order valence-electron chi connectivity index (χ1n) is 38.2. The molecule has 0 spiro atoms. The van der Waals surface area contributed by atoms with Crippen molar-refractivity contribution < 1.29 is 8.83 Å².